The molecule has 1 fully saturated rings. The van der Waals surface area contributed by atoms with Crippen LogP contribution in [0.1, 0.15) is 34.3 Å². The number of anilines is 2. The van der Waals surface area contributed by atoms with Gasteiger partial charge in [0.05, 0.1) is 5.56 Å². The summed E-state index contributed by atoms with van der Waals surface area (Å²) >= 11 is 12.4. The largest absolute Gasteiger partial charge is 0.485 e. The number of halogens is 2. The Balaban J connectivity index is 1.17. The van der Waals surface area contributed by atoms with Gasteiger partial charge in [-0.05, 0) is 56.6 Å². The molecule has 3 aromatic rings. The van der Waals surface area contributed by atoms with Gasteiger partial charge in [-0.1, -0.05) is 47.0 Å². The maximum Gasteiger partial charge on any atom is 0.252 e. The summed E-state index contributed by atoms with van der Waals surface area (Å²) in [5.41, 5.74) is 9.57. The summed E-state index contributed by atoms with van der Waals surface area (Å²) in [6.45, 7) is 8.05. The molecule has 1 aliphatic rings. The molecule has 9 heteroatoms. The fourth-order valence-electron chi connectivity index (χ4n) is 4.26. The van der Waals surface area contributed by atoms with Gasteiger partial charge in [0.1, 0.15) is 6.61 Å². The minimum Gasteiger partial charge on any atom is -0.485 e. The van der Waals surface area contributed by atoms with Crippen molar-refractivity contribution in [1.82, 2.24) is 15.2 Å². The molecule has 0 spiro atoms. The lowest BCUT2D eigenvalue weighted by Crippen LogP contribution is -2.46. The summed E-state index contributed by atoms with van der Waals surface area (Å²) < 4.78 is 5.78. The topological polar surface area (TPSA) is 83.7 Å². The van der Waals surface area contributed by atoms with Gasteiger partial charge in [0.15, 0.2) is 11.6 Å². The Morgan fingerprint density at radius 2 is 1.76 bits per heavy atom. The number of aromatic nitrogens is 1. The lowest BCUT2D eigenvalue weighted by atomic mass is 10.2. The van der Waals surface area contributed by atoms with Crippen LogP contribution in [0.3, 0.4) is 0 Å². The third kappa shape index (κ3) is 7.51. The lowest BCUT2D eigenvalue weighted by molar-refractivity contribution is 0.0951. The van der Waals surface area contributed by atoms with Crippen LogP contribution in [0.5, 0.6) is 5.75 Å². The van der Waals surface area contributed by atoms with Crippen molar-refractivity contribution in [2.75, 3.05) is 49.9 Å². The van der Waals surface area contributed by atoms with Crippen molar-refractivity contribution < 1.29 is 9.53 Å². The predicted molar refractivity (Wildman–Crippen MR) is 151 cm³/mol. The number of nitrogens with one attached hydrogen (secondary N) is 1. The van der Waals surface area contributed by atoms with Crippen LogP contribution in [0.25, 0.3) is 0 Å². The van der Waals surface area contributed by atoms with E-state index >= 15 is 0 Å². The minimum absolute atomic E-state index is 0.120. The number of benzene rings is 2. The molecule has 2 heterocycles. The van der Waals surface area contributed by atoms with Crippen molar-refractivity contribution in [3.8, 4) is 5.75 Å². The zero-order chi connectivity index (χ0) is 26.2. The van der Waals surface area contributed by atoms with Gasteiger partial charge < -0.3 is 20.7 Å². The second kappa shape index (κ2) is 13.0. The first-order valence-corrected chi connectivity index (χ1v) is 13.3. The summed E-state index contributed by atoms with van der Waals surface area (Å²) in [4.78, 5) is 21.7. The van der Waals surface area contributed by atoms with Gasteiger partial charge in [-0.15, -0.1) is 0 Å². The summed E-state index contributed by atoms with van der Waals surface area (Å²) in [6.07, 6.45) is 3.38. The average molecular weight is 543 g/mol. The SMILES string of the molecule is Cc1ccc(N2CCN(CCCCNC(=O)c3cnc(N)c(OCc4c(Cl)cccc4Cl)c3)CC2)cc1. The van der Waals surface area contributed by atoms with Crippen LogP contribution in [-0.2, 0) is 6.61 Å². The predicted octanol–water partition coefficient (Wildman–Crippen LogP) is 5.19. The highest BCUT2D eigenvalue weighted by molar-refractivity contribution is 6.35. The molecule has 0 radical (unpaired) electrons. The molecule has 37 heavy (non-hydrogen) atoms. The molecule has 0 unspecified atom stereocenters. The van der Waals surface area contributed by atoms with E-state index in [1.165, 1.54) is 17.4 Å². The maximum atomic E-state index is 12.6. The van der Waals surface area contributed by atoms with Crippen LogP contribution in [0, 0.1) is 6.92 Å². The van der Waals surface area contributed by atoms with E-state index in [1.54, 1.807) is 24.3 Å². The van der Waals surface area contributed by atoms with Gasteiger partial charge in [-0.2, -0.15) is 0 Å². The van der Waals surface area contributed by atoms with E-state index in [-0.39, 0.29) is 18.3 Å². The molecule has 4 rings (SSSR count). The highest BCUT2D eigenvalue weighted by atomic mass is 35.5. The fraction of sp³-hybridized carbons (Fsp3) is 0.357. The average Bonchev–Trinajstić information content (AvgIpc) is 2.90. The molecule has 2 aromatic carbocycles. The van der Waals surface area contributed by atoms with E-state index in [9.17, 15) is 4.79 Å². The third-order valence-corrected chi connectivity index (χ3v) is 7.24. The number of ether oxygens (including phenoxy) is 1. The maximum absolute atomic E-state index is 12.6. The summed E-state index contributed by atoms with van der Waals surface area (Å²) in [7, 11) is 0. The second-order valence-corrected chi connectivity index (χ2v) is 10.0. The Kier molecular flexibility index (Phi) is 9.50. The fourth-order valence-corrected chi connectivity index (χ4v) is 4.77. The Bertz CT molecular complexity index is 1180. The molecule has 1 aliphatic heterocycles. The molecule has 196 valence electrons. The zero-order valence-electron chi connectivity index (χ0n) is 21.1. The van der Waals surface area contributed by atoms with Crippen LogP contribution in [-0.4, -0.2) is 55.1 Å². The van der Waals surface area contributed by atoms with Gasteiger partial charge in [-0.3, -0.25) is 9.69 Å². The van der Waals surface area contributed by atoms with Crippen LogP contribution in [0.4, 0.5) is 11.5 Å². The van der Waals surface area contributed by atoms with Crippen molar-refractivity contribution in [2.45, 2.75) is 26.4 Å². The number of carbonyl (C=O) groups is 1. The number of pyridine rings is 1. The number of hydrogen-bond acceptors (Lipinski definition) is 6. The molecule has 0 saturated carbocycles. The van der Waals surface area contributed by atoms with E-state index in [1.807, 2.05) is 0 Å². The summed E-state index contributed by atoms with van der Waals surface area (Å²) in [5.74, 6) is 0.301. The number of piperazine rings is 1. The molecule has 0 aliphatic carbocycles. The molecular weight excluding hydrogens is 509 g/mol. The molecule has 1 saturated heterocycles. The number of hydrogen-bond donors (Lipinski definition) is 2. The number of rotatable bonds is 10. The van der Waals surface area contributed by atoms with Gasteiger partial charge in [0.25, 0.3) is 5.91 Å². The highest BCUT2D eigenvalue weighted by Gasteiger charge is 2.17. The van der Waals surface area contributed by atoms with Crippen LogP contribution in [0.2, 0.25) is 10.0 Å². The van der Waals surface area contributed by atoms with Gasteiger partial charge in [-0.25, -0.2) is 4.98 Å². The smallest absolute Gasteiger partial charge is 0.252 e. The number of unbranched alkanes of at least 4 members (excludes halogenated alkanes) is 1. The molecule has 1 amide bonds. The van der Waals surface area contributed by atoms with Gasteiger partial charge in [0, 0.05) is 60.2 Å². The van der Waals surface area contributed by atoms with Gasteiger partial charge in [0.2, 0.25) is 0 Å². The first kappa shape index (κ1) is 27.0. The standard InChI is InChI=1S/C28H33Cl2N5O2/c1-20-7-9-22(10-8-20)35-15-13-34(14-16-35)12-3-2-11-32-28(36)21-17-26(27(31)33-18-21)37-19-23-24(29)5-4-6-25(23)30/h4-10,17-18H,2-3,11-16,19H2,1H3,(H2,31,33)(H,32,36). The second-order valence-electron chi connectivity index (χ2n) is 9.22. The summed E-state index contributed by atoms with van der Waals surface area (Å²) in [5, 5.41) is 3.97. The van der Waals surface area contributed by atoms with Crippen molar-refractivity contribution in [3.63, 3.8) is 0 Å². The molecule has 0 atom stereocenters. The Morgan fingerprint density at radius 1 is 1.05 bits per heavy atom. The third-order valence-electron chi connectivity index (χ3n) is 6.54. The normalized spacial score (nSPS) is 14.0. The van der Waals surface area contributed by atoms with E-state index in [4.69, 9.17) is 33.7 Å². The number of amides is 1. The number of nitrogens with two attached hydrogens (primary N) is 1. The first-order chi connectivity index (χ1) is 17.9. The van der Waals surface area contributed by atoms with Crippen LogP contribution < -0.4 is 20.7 Å². The Hall–Kier alpha value is -3.00. The molecule has 0 bridgehead atoms. The van der Waals surface area contributed by atoms with E-state index in [2.05, 4.69) is 51.3 Å². The van der Waals surface area contributed by atoms with E-state index < -0.39 is 0 Å². The lowest BCUT2D eigenvalue weighted by Gasteiger charge is -2.36. The number of nitrogens with zero attached hydrogens (tertiary/aromatic N) is 3. The number of carbonyl (C=O) groups excluding carboxylic acids is 1. The van der Waals surface area contributed by atoms with E-state index in [0.29, 0.717) is 33.5 Å². The van der Waals surface area contributed by atoms with Crippen molar-refractivity contribution in [2.24, 2.45) is 0 Å². The van der Waals surface area contributed by atoms with Crippen LogP contribution in [0.15, 0.2) is 54.7 Å². The molecule has 7 nitrogen and oxygen atoms in total. The number of aryl methyl sites for hydroxylation is 1. The Labute approximate surface area is 228 Å². The zero-order valence-corrected chi connectivity index (χ0v) is 22.6. The summed E-state index contributed by atoms with van der Waals surface area (Å²) in [6, 6.07) is 15.6. The van der Waals surface area contributed by atoms with Crippen molar-refractivity contribution in [3.05, 3.63) is 81.5 Å². The first-order valence-electron chi connectivity index (χ1n) is 12.5. The quantitative estimate of drug-likeness (QED) is 0.343. The van der Waals surface area contributed by atoms with Crippen molar-refractivity contribution in [1.29, 1.82) is 0 Å². The number of nitrogen functional groups attached to an aromatic ring is 1. The highest BCUT2D eigenvalue weighted by Crippen LogP contribution is 2.27. The minimum atomic E-state index is -0.208. The van der Waals surface area contributed by atoms with E-state index in [0.717, 1.165) is 45.6 Å². The molecule has 3 N–H and O–H groups in total. The van der Waals surface area contributed by atoms with Crippen LogP contribution >= 0.6 is 23.2 Å². The molecule has 1 aromatic heterocycles. The monoisotopic (exact) mass is 541 g/mol. The Morgan fingerprint density at radius 3 is 2.46 bits per heavy atom. The van der Waals surface area contributed by atoms with Crippen molar-refractivity contribution >= 4 is 40.6 Å². The van der Waals surface area contributed by atoms with Gasteiger partial charge >= 0.3 is 0 Å². The molecular formula is C28H33Cl2N5O2.